The first-order valence-corrected chi connectivity index (χ1v) is 10.6. The van der Waals surface area contributed by atoms with Crippen LogP contribution in [0.25, 0.3) is 16.9 Å². The maximum Gasteiger partial charge on any atom is 0.255 e. The normalized spacial score (nSPS) is 14.8. The molecule has 8 heteroatoms. The molecule has 0 saturated carbocycles. The first-order valence-electron chi connectivity index (χ1n) is 10.6. The minimum absolute atomic E-state index is 0.0128. The quantitative estimate of drug-likeness (QED) is 0.556. The number of aryl methyl sites for hydroxylation is 2. The molecule has 1 fully saturated rings. The molecule has 0 atom stereocenters. The molecule has 1 saturated heterocycles. The van der Waals surface area contributed by atoms with E-state index in [1.165, 1.54) is 0 Å². The van der Waals surface area contributed by atoms with E-state index < -0.39 is 0 Å². The van der Waals surface area contributed by atoms with Gasteiger partial charge in [0, 0.05) is 38.1 Å². The van der Waals surface area contributed by atoms with Gasteiger partial charge in [-0.25, -0.2) is 14.6 Å². The molecule has 158 valence electrons. The number of nitrogens with one attached hydrogen (secondary N) is 1. The summed E-state index contributed by atoms with van der Waals surface area (Å²) in [5.41, 5.74) is 4.55. The van der Waals surface area contributed by atoms with Gasteiger partial charge < -0.3 is 14.8 Å². The predicted molar refractivity (Wildman–Crippen MR) is 120 cm³/mol. The summed E-state index contributed by atoms with van der Waals surface area (Å²) >= 11 is 0. The van der Waals surface area contributed by atoms with Crippen molar-refractivity contribution in [1.29, 1.82) is 0 Å². The van der Waals surface area contributed by atoms with Crippen LogP contribution in [0, 0.1) is 13.8 Å². The standard InChI is InChI=1S/C23H25N7O/c1-16-14-17(2)30(27-16)21-9-8-18(15-24-21)22(31)28-10-5-11-29(13-12-28)23-25-19-6-3-4-7-20(19)26-23/h3-4,6-9,14-15H,5,10-13H2,1-2H3,(H,25,26). The third-order valence-electron chi connectivity index (χ3n) is 5.68. The number of imidazole rings is 1. The Bertz CT molecular complexity index is 1190. The number of benzene rings is 1. The molecule has 8 nitrogen and oxygen atoms in total. The van der Waals surface area contributed by atoms with E-state index in [0.717, 1.165) is 54.4 Å². The lowest BCUT2D eigenvalue weighted by Gasteiger charge is -2.21. The SMILES string of the molecule is Cc1cc(C)n(-c2ccc(C(=O)N3CCCN(c4nc5ccccc5[nH]4)CC3)cn2)n1. The van der Waals surface area contributed by atoms with Crippen molar-refractivity contribution in [2.24, 2.45) is 0 Å². The molecule has 3 aromatic heterocycles. The van der Waals surface area contributed by atoms with Gasteiger partial charge in [-0.1, -0.05) is 12.1 Å². The molecule has 4 aromatic rings. The molecule has 0 unspecified atom stereocenters. The zero-order chi connectivity index (χ0) is 21.4. The van der Waals surface area contributed by atoms with E-state index in [0.29, 0.717) is 17.9 Å². The van der Waals surface area contributed by atoms with E-state index in [-0.39, 0.29) is 5.91 Å². The summed E-state index contributed by atoms with van der Waals surface area (Å²) in [6.07, 6.45) is 2.54. The second kappa shape index (κ2) is 7.86. The second-order valence-electron chi connectivity index (χ2n) is 7.95. The fourth-order valence-electron chi connectivity index (χ4n) is 4.10. The number of carbonyl (C=O) groups excluding carboxylic acids is 1. The minimum atomic E-state index is 0.0128. The highest BCUT2D eigenvalue weighted by atomic mass is 16.2. The van der Waals surface area contributed by atoms with Crippen molar-refractivity contribution in [3.05, 3.63) is 65.6 Å². The van der Waals surface area contributed by atoms with E-state index in [9.17, 15) is 4.79 Å². The first kappa shape index (κ1) is 19.3. The number of anilines is 1. The Morgan fingerprint density at radius 3 is 2.65 bits per heavy atom. The van der Waals surface area contributed by atoms with Crippen LogP contribution in [0.3, 0.4) is 0 Å². The number of para-hydroxylation sites is 2. The van der Waals surface area contributed by atoms with Crippen molar-refractivity contribution < 1.29 is 4.79 Å². The summed E-state index contributed by atoms with van der Waals surface area (Å²) < 4.78 is 1.79. The van der Waals surface area contributed by atoms with Gasteiger partial charge in [-0.05, 0) is 50.6 Å². The summed E-state index contributed by atoms with van der Waals surface area (Å²) in [7, 11) is 0. The molecule has 0 bridgehead atoms. The molecule has 1 aromatic carbocycles. The van der Waals surface area contributed by atoms with Gasteiger partial charge in [0.15, 0.2) is 5.82 Å². The summed E-state index contributed by atoms with van der Waals surface area (Å²) in [6.45, 7) is 6.91. The van der Waals surface area contributed by atoms with Crippen molar-refractivity contribution >= 4 is 22.9 Å². The first-order chi connectivity index (χ1) is 15.1. The third kappa shape index (κ3) is 3.76. The summed E-state index contributed by atoms with van der Waals surface area (Å²) in [5.74, 6) is 1.60. The molecule has 0 radical (unpaired) electrons. The lowest BCUT2D eigenvalue weighted by Crippen LogP contribution is -2.35. The Morgan fingerprint density at radius 1 is 1.03 bits per heavy atom. The Balaban J connectivity index is 1.28. The van der Waals surface area contributed by atoms with E-state index in [4.69, 9.17) is 4.98 Å². The smallest absolute Gasteiger partial charge is 0.255 e. The maximum atomic E-state index is 13.1. The highest BCUT2D eigenvalue weighted by molar-refractivity contribution is 5.94. The number of H-pyrrole nitrogens is 1. The molecular weight excluding hydrogens is 390 g/mol. The number of rotatable bonds is 3. The van der Waals surface area contributed by atoms with Gasteiger partial charge in [-0.15, -0.1) is 0 Å². The number of hydrogen-bond acceptors (Lipinski definition) is 5. The monoisotopic (exact) mass is 415 g/mol. The summed E-state index contributed by atoms with van der Waals surface area (Å²) in [5, 5.41) is 4.45. The summed E-state index contributed by atoms with van der Waals surface area (Å²) in [4.78, 5) is 29.8. The molecule has 1 N–H and O–H groups in total. The average molecular weight is 416 g/mol. The molecule has 4 heterocycles. The topological polar surface area (TPSA) is 82.9 Å². The number of carbonyl (C=O) groups is 1. The number of amides is 1. The Morgan fingerprint density at radius 2 is 1.90 bits per heavy atom. The second-order valence-corrected chi connectivity index (χ2v) is 7.95. The molecule has 0 spiro atoms. The minimum Gasteiger partial charge on any atom is -0.341 e. The molecule has 0 aliphatic carbocycles. The van der Waals surface area contributed by atoms with Crippen molar-refractivity contribution in [1.82, 2.24) is 29.6 Å². The maximum absolute atomic E-state index is 13.1. The van der Waals surface area contributed by atoms with E-state index in [1.807, 2.05) is 61.2 Å². The van der Waals surface area contributed by atoms with Crippen LogP contribution in [0.4, 0.5) is 5.95 Å². The highest BCUT2D eigenvalue weighted by Gasteiger charge is 2.22. The largest absolute Gasteiger partial charge is 0.341 e. The predicted octanol–water partition coefficient (Wildman–Crippen LogP) is 3.11. The van der Waals surface area contributed by atoms with Gasteiger partial charge in [0.2, 0.25) is 5.95 Å². The van der Waals surface area contributed by atoms with Crippen LogP contribution in [0.15, 0.2) is 48.7 Å². The molecular formula is C23H25N7O. The number of fused-ring (bicyclic) bond motifs is 1. The van der Waals surface area contributed by atoms with E-state index in [2.05, 4.69) is 20.0 Å². The van der Waals surface area contributed by atoms with Gasteiger partial charge in [0.25, 0.3) is 5.91 Å². The zero-order valence-corrected chi connectivity index (χ0v) is 17.7. The third-order valence-corrected chi connectivity index (χ3v) is 5.68. The van der Waals surface area contributed by atoms with E-state index >= 15 is 0 Å². The van der Waals surface area contributed by atoms with Gasteiger partial charge in [-0.2, -0.15) is 5.10 Å². The van der Waals surface area contributed by atoms with Gasteiger partial charge >= 0.3 is 0 Å². The average Bonchev–Trinajstić information content (AvgIpc) is 3.26. The van der Waals surface area contributed by atoms with Crippen LogP contribution >= 0.6 is 0 Å². The van der Waals surface area contributed by atoms with Crippen LogP contribution in [-0.2, 0) is 0 Å². The van der Waals surface area contributed by atoms with Crippen LogP contribution in [0.2, 0.25) is 0 Å². The van der Waals surface area contributed by atoms with Crippen LogP contribution in [0.1, 0.15) is 28.2 Å². The van der Waals surface area contributed by atoms with Gasteiger partial charge in [-0.3, -0.25) is 4.79 Å². The fraction of sp³-hybridized carbons (Fsp3) is 0.304. The number of pyridine rings is 1. The summed E-state index contributed by atoms with van der Waals surface area (Å²) in [6, 6.07) is 13.7. The van der Waals surface area contributed by atoms with Gasteiger partial charge in [0.05, 0.1) is 22.3 Å². The molecule has 1 amide bonds. The van der Waals surface area contributed by atoms with Crippen molar-refractivity contribution in [3.63, 3.8) is 0 Å². The lowest BCUT2D eigenvalue weighted by atomic mass is 10.2. The Kier molecular flexibility index (Phi) is 4.89. The molecule has 1 aliphatic rings. The van der Waals surface area contributed by atoms with Crippen LogP contribution in [0.5, 0.6) is 0 Å². The van der Waals surface area contributed by atoms with Gasteiger partial charge in [0.1, 0.15) is 0 Å². The number of nitrogens with zero attached hydrogens (tertiary/aromatic N) is 6. The van der Waals surface area contributed by atoms with Crippen LogP contribution in [-0.4, -0.2) is 61.7 Å². The fourth-order valence-corrected chi connectivity index (χ4v) is 4.10. The van der Waals surface area contributed by atoms with Crippen LogP contribution < -0.4 is 4.90 Å². The molecule has 31 heavy (non-hydrogen) atoms. The number of aromatic amines is 1. The zero-order valence-electron chi connectivity index (χ0n) is 17.7. The Hall–Kier alpha value is -3.68. The van der Waals surface area contributed by atoms with E-state index in [1.54, 1.807) is 10.9 Å². The number of hydrogen-bond donors (Lipinski definition) is 1. The van der Waals surface area contributed by atoms with Crippen molar-refractivity contribution in [3.8, 4) is 5.82 Å². The van der Waals surface area contributed by atoms with Crippen molar-refractivity contribution in [2.75, 3.05) is 31.1 Å². The number of aromatic nitrogens is 5. The highest BCUT2D eigenvalue weighted by Crippen LogP contribution is 2.19. The molecule has 1 aliphatic heterocycles. The van der Waals surface area contributed by atoms with Crippen molar-refractivity contribution in [2.45, 2.75) is 20.3 Å². The molecule has 5 rings (SSSR count). The lowest BCUT2D eigenvalue weighted by molar-refractivity contribution is 0.0766. The Labute approximate surface area is 180 Å².